The van der Waals surface area contributed by atoms with Gasteiger partial charge in [0.05, 0.1) is 11.5 Å². The van der Waals surface area contributed by atoms with Gasteiger partial charge in [-0.25, -0.2) is 0 Å². The minimum absolute atomic E-state index is 0.0987. The van der Waals surface area contributed by atoms with Crippen molar-refractivity contribution in [2.24, 2.45) is 7.05 Å². The molecule has 1 fully saturated rings. The maximum absolute atomic E-state index is 12.8. The van der Waals surface area contributed by atoms with Crippen molar-refractivity contribution in [1.82, 2.24) is 19.7 Å². The Labute approximate surface area is 175 Å². The summed E-state index contributed by atoms with van der Waals surface area (Å²) in [5.74, 6) is -0.146. The number of pyridine rings is 1. The Balaban J connectivity index is 1.51. The zero-order chi connectivity index (χ0) is 22.2. The second kappa shape index (κ2) is 8.01. The number of benzene rings is 1. The van der Waals surface area contributed by atoms with Crippen molar-refractivity contribution in [3.63, 3.8) is 0 Å². The van der Waals surface area contributed by atoms with Crippen LogP contribution in [0.3, 0.4) is 0 Å². The lowest BCUT2D eigenvalue weighted by Crippen LogP contribution is -2.41. The summed E-state index contributed by atoms with van der Waals surface area (Å²) in [5.41, 5.74) is -0.647. The number of halogens is 3. The number of hydrogen-bond donors (Lipinski definition) is 0. The number of rotatable bonds is 3. The molecule has 0 saturated carbocycles. The summed E-state index contributed by atoms with van der Waals surface area (Å²) in [6.07, 6.45) is -1.43. The first kappa shape index (κ1) is 20.8. The molecule has 3 aromatic rings. The number of carbonyl (C=O) groups excluding carboxylic acids is 1. The molecule has 3 heterocycles. The summed E-state index contributed by atoms with van der Waals surface area (Å²) in [6, 6.07) is 7.62. The van der Waals surface area contributed by atoms with E-state index >= 15 is 0 Å². The fourth-order valence-electron chi connectivity index (χ4n) is 3.61. The van der Waals surface area contributed by atoms with Crippen LogP contribution < -0.4 is 5.56 Å². The first-order valence-corrected chi connectivity index (χ1v) is 9.70. The van der Waals surface area contributed by atoms with Gasteiger partial charge < -0.3 is 13.9 Å². The normalized spacial score (nSPS) is 17.0. The lowest BCUT2D eigenvalue weighted by molar-refractivity contribution is -0.137. The first-order valence-electron chi connectivity index (χ1n) is 9.70. The van der Waals surface area contributed by atoms with Gasteiger partial charge in [0.2, 0.25) is 11.8 Å². The molecular formula is C21H19F3N4O3. The summed E-state index contributed by atoms with van der Waals surface area (Å²) >= 11 is 0. The quantitative estimate of drug-likeness (QED) is 0.633. The molecule has 0 spiro atoms. The number of carbonyl (C=O) groups is 1. The minimum atomic E-state index is -4.42. The van der Waals surface area contributed by atoms with Crippen molar-refractivity contribution >= 4 is 5.91 Å². The number of piperidine rings is 1. The van der Waals surface area contributed by atoms with E-state index in [0.29, 0.717) is 37.4 Å². The molecule has 1 aromatic carbocycles. The van der Waals surface area contributed by atoms with E-state index in [-0.39, 0.29) is 28.8 Å². The van der Waals surface area contributed by atoms with E-state index in [1.54, 1.807) is 24.2 Å². The monoisotopic (exact) mass is 432 g/mol. The first-order chi connectivity index (χ1) is 14.7. The molecule has 0 N–H and O–H groups in total. The summed E-state index contributed by atoms with van der Waals surface area (Å²) in [6.45, 7) is 0.818. The second-order valence-electron chi connectivity index (χ2n) is 7.45. The van der Waals surface area contributed by atoms with Gasteiger partial charge in [-0.15, -0.1) is 10.2 Å². The SMILES string of the molecule is Cn1cccc(C(=O)N2CCCC(c3nnc(-c4ccc(C(F)(F)F)cc4)o3)C2)c1=O. The Hall–Kier alpha value is -3.43. The van der Waals surface area contributed by atoms with E-state index < -0.39 is 11.7 Å². The number of likely N-dealkylation sites (tertiary alicyclic amines) is 1. The Morgan fingerprint density at radius 3 is 2.61 bits per heavy atom. The van der Waals surface area contributed by atoms with Crippen molar-refractivity contribution in [3.8, 4) is 11.5 Å². The average Bonchev–Trinajstić information content (AvgIpc) is 3.25. The standard InChI is InChI=1S/C21H19F3N4O3/c1-27-10-3-5-16(19(27)29)20(30)28-11-2-4-14(12-28)18-26-25-17(31-18)13-6-8-15(9-7-13)21(22,23)24/h3,5-10,14H,2,4,11-12H2,1H3. The zero-order valence-corrected chi connectivity index (χ0v) is 16.6. The molecule has 0 bridgehead atoms. The van der Waals surface area contributed by atoms with Crippen LogP contribution in [0.2, 0.25) is 0 Å². The Morgan fingerprint density at radius 2 is 1.90 bits per heavy atom. The molecule has 1 atom stereocenters. The van der Waals surface area contributed by atoms with Gasteiger partial charge in [-0.3, -0.25) is 9.59 Å². The van der Waals surface area contributed by atoms with E-state index in [4.69, 9.17) is 4.42 Å². The van der Waals surface area contributed by atoms with Crippen LogP contribution >= 0.6 is 0 Å². The number of nitrogens with zero attached hydrogens (tertiary/aromatic N) is 4. The molecule has 10 heteroatoms. The molecule has 0 aliphatic carbocycles. The van der Waals surface area contributed by atoms with Crippen molar-refractivity contribution in [2.45, 2.75) is 24.9 Å². The molecule has 1 aliphatic heterocycles. The lowest BCUT2D eigenvalue weighted by atomic mass is 9.97. The van der Waals surface area contributed by atoms with Crippen molar-refractivity contribution < 1.29 is 22.4 Å². The van der Waals surface area contributed by atoms with Gasteiger partial charge in [0.1, 0.15) is 5.56 Å². The van der Waals surface area contributed by atoms with E-state index in [1.807, 2.05) is 0 Å². The van der Waals surface area contributed by atoms with Gasteiger partial charge in [-0.1, -0.05) is 0 Å². The molecule has 1 unspecified atom stereocenters. The van der Waals surface area contributed by atoms with Gasteiger partial charge >= 0.3 is 6.18 Å². The van der Waals surface area contributed by atoms with Crippen LogP contribution in [-0.4, -0.2) is 38.7 Å². The van der Waals surface area contributed by atoms with E-state index in [0.717, 1.165) is 12.1 Å². The van der Waals surface area contributed by atoms with Gasteiger partial charge in [0.25, 0.3) is 11.5 Å². The van der Waals surface area contributed by atoms with Crippen LogP contribution in [0.4, 0.5) is 13.2 Å². The summed E-state index contributed by atoms with van der Waals surface area (Å²) in [7, 11) is 1.58. The Bertz CT molecular complexity index is 1150. The smallest absolute Gasteiger partial charge is 0.416 e. The number of alkyl halides is 3. The third-order valence-corrected chi connectivity index (χ3v) is 5.31. The Morgan fingerprint density at radius 1 is 1.16 bits per heavy atom. The number of aromatic nitrogens is 3. The molecule has 31 heavy (non-hydrogen) atoms. The second-order valence-corrected chi connectivity index (χ2v) is 7.45. The van der Waals surface area contributed by atoms with Gasteiger partial charge in [-0.05, 0) is 49.2 Å². The van der Waals surface area contributed by atoms with Crippen LogP contribution in [0.25, 0.3) is 11.5 Å². The molecular weight excluding hydrogens is 413 g/mol. The summed E-state index contributed by atoms with van der Waals surface area (Å²) in [4.78, 5) is 26.7. The van der Waals surface area contributed by atoms with Gasteiger partial charge in [0.15, 0.2) is 0 Å². The number of aryl methyl sites for hydroxylation is 1. The summed E-state index contributed by atoms with van der Waals surface area (Å²) in [5, 5.41) is 8.00. The third kappa shape index (κ3) is 4.23. The predicted molar refractivity (Wildman–Crippen MR) is 104 cm³/mol. The fourth-order valence-corrected chi connectivity index (χ4v) is 3.61. The number of hydrogen-bond acceptors (Lipinski definition) is 5. The zero-order valence-electron chi connectivity index (χ0n) is 16.6. The molecule has 2 aromatic heterocycles. The van der Waals surface area contributed by atoms with E-state index in [1.165, 1.54) is 22.8 Å². The maximum atomic E-state index is 12.8. The topological polar surface area (TPSA) is 81.2 Å². The van der Waals surface area contributed by atoms with Crippen LogP contribution in [-0.2, 0) is 13.2 Å². The molecule has 0 radical (unpaired) electrons. The van der Waals surface area contributed by atoms with E-state index in [2.05, 4.69) is 10.2 Å². The van der Waals surface area contributed by atoms with Gasteiger partial charge in [-0.2, -0.15) is 13.2 Å². The highest BCUT2D eigenvalue weighted by molar-refractivity contribution is 5.93. The molecule has 162 valence electrons. The molecule has 7 nitrogen and oxygen atoms in total. The largest absolute Gasteiger partial charge is 0.420 e. The highest BCUT2D eigenvalue weighted by Gasteiger charge is 2.31. The minimum Gasteiger partial charge on any atom is -0.420 e. The Kier molecular flexibility index (Phi) is 5.38. The van der Waals surface area contributed by atoms with Crippen LogP contribution in [0.5, 0.6) is 0 Å². The van der Waals surface area contributed by atoms with Crippen LogP contribution in [0, 0.1) is 0 Å². The third-order valence-electron chi connectivity index (χ3n) is 5.31. The molecule has 4 rings (SSSR count). The highest BCUT2D eigenvalue weighted by Crippen LogP contribution is 2.32. The van der Waals surface area contributed by atoms with Crippen molar-refractivity contribution in [1.29, 1.82) is 0 Å². The molecule has 1 amide bonds. The average molecular weight is 432 g/mol. The van der Waals surface area contributed by atoms with Gasteiger partial charge in [0, 0.05) is 31.9 Å². The number of amides is 1. The van der Waals surface area contributed by atoms with E-state index in [9.17, 15) is 22.8 Å². The maximum Gasteiger partial charge on any atom is 0.416 e. The van der Waals surface area contributed by atoms with Crippen LogP contribution in [0.1, 0.15) is 40.6 Å². The van der Waals surface area contributed by atoms with Crippen molar-refractivity contribution in [3.05, 3.63) is 70.0 Å². The predicted octanol–water partition coefficient (Wildman–Crippen LogP) is 3.47. The highest BCUT2D eigenvalue weighted by atomic mass is 19.4. The van der Waals surface area contributed by atoms with Crippen LogP contribution in [0.15, 0.2) is 51.8 Å². The molecule has 1 aliphatic rings. The van der Waals surface area contributed by atoms with Crippen molar-refractivity contribution in [2.75, 3.05) is 13.1 Å². The lowest BCUT2D eigenvalue weighted by Gasteiger charge is -2.31. The summed E-state index contributed by atoms with van der Waals surface area (Å²) < 4.78 is 45.3. The molecule has 1 saturated heterocycles. The fraction of sp³-hybridized carbons (Fsp3) is 0.333.